The molecule has 0 heterocycles. The SMILES string of the molecule is CCc1cccc(C)c1NC(=S)NNC(=O)CCCNC(=O)OC(C)(C)C. The highest BCUT2D eigenvalue weighted by Crippen LogP contribution is 2.20. The Morgan fingerprint density at radius 2 is 1.89 bits per heavy atom. The van der Waals surface area contributed by atoms with Crippen LogP contribution in [-0.4, -0.2) is 29.3 Å². The summed E-state index contributed by atoms with van der Waals surface area (Å²) in [5, 5.41) is 6.05. The first-order valence-electron chi connectivity index (χ1n) is 9.03. The van der Waals surface area contributed by atoms with Gasteiger partial charge in [-0.1, -0.05) is 25.1 Å². The number of nitrogens with one attached hydrogen (secondary N) is 4. The van der Waals surface area contributed by atoms with Crippen molar-refractivity contribution in [3.63, 3.8) is 0 Å². The minimum absolute atomic E-state index is 0.217. The quantitative estimate of drug-likeness (QED) is 0.337. The van der Waals surface area contributed by atoms with E-state index in [9.17, 15) is 9.59 Å². The van der Waals surface area contributed by atoms with Crippen LogP contribution in [0.4, 0.5) is 10.5 Å². The van der Waals surface area contributed by atoms with Gasteiger partial charge in [-0.2, -0.15) is 0 Å². The zero-order valence-electron chi connectivity index (χ0n) is 16.7. The lowest BCUT2D eigenvalue weighted by Gasteiger charge is -2.19. The summed E-state index contributed by atoms with van der Waals surface area (Å²) in [6.45, 7) is 9.81. The van der Waals surface area contributed by atoms with Crippen molar-refractivity contribution in [3.05, 3.63) is 29.3 Å². The number of ether oxygens (including phenoxy) is 1. The van der Waals surface area contributed by atoms with E-state index in [1.807, 2.05) is 25.1 Å². The van der Waals surface area contributed by atoms with E-state index in [1.165, 1.54) is 0 Å². The van der Waals surface area contributed by atoms with Gasteiger partial charge in [0, 0.05) is 18.7 Å². The van der Waals surface area contributed by atoms with Crippen LogP contribution in [0.5, 0.6) is 0 Å². The molecule has 0 fully saturated rings. The molecule has 0 radical (unpaired) electrons. The fraction of sp³-hybridized carbons (Fsp3) is 0.526. The standard InChI is InChI=1S/C19H30N4O3S/c1-6-14-10-7-9-13(2)16(14)21-17(27)23-22-15(24)11-8-12-20-18(25)26-19(3,4)5/h7,9-10H,6,8,11-12H2,1-5H3,(H,20,25)(H,22,24)(H2,21,23,27). The average Bonchev–Trinajstić information content (AvgIpc) is 2.57. The van der Waals surface area contributed by atoms with Gasteiger partial charge in [0.15, 0.2) is 5.11 Å². The Bertz CT molecular complexity index is 671. The minimum Gasteiger partial charge on any atom is -0.444 e. The first kappa shape index (κ1) is 22.7. The minimum atomic E-state index is -0.539. The van der Waals surface area contributed by atoms with E-state index >= 15 is 0 Å². The van der Waals surface area contributed by atoms with Gasteiger partial charge in [-0.15, -0.1) is 0 Å². The van der Waals surface area contributed by atoms with Crippen LogP contribution in [0.3, 0.4) is 0 Å². The van der Waals surface area contributed by atoms with Crippen LogP contribution in [-0.2, 0) is 16.0 Å². The van der Waals surface area contributed by atoms with Gasteiger partial charge in [0.2, 0.25) is 5.91 Å². The number of benzene rings is 1. The lowest BCUT2D eigenvalue weighted by molar-refractivity contribution is -0.121. The molecule has 1 aromatic carbocycles. The third kappa shape index (κ3) is 9.23. The number of aryl methyl sites for hydroxylation is 2. The van der Waals surface area contributed by atoms with Crippen LogP contribution in [0.1, 0.15) is 51.7 Å². The summed E-state index contributed by atoms with van der Waals surface area (Å²) in [5.41, 5.74) is 7.89. The summed E-state index contributed by atoms with van der Waals surface area (Å²) in [6, 6.07) is 6.04. The number of rotatable bonds is 6. The number of hydrogen-bond acceptors (Lipinski definition) is 4. The van der Waals surface area contributed by atoms with Crippen molar-refractivity contribution >= 4 is 35.0 Å². The first-order chi connectivity index (χ1) is 12.6. The summed E-state index contributed by atoms with van der Waals surface area (Å²) < 4.78 is 5.12. The van der Waals surface area contributed by atoms with Gasteiger partial charge in [-0.05, 0) is 63.9 Å². The second-order valence-corrected chi connectivity index (χ2v) is 7.53. The topological polar surface area (TPSA) is 91.5 Å². The van der Waals surface area contributed by atoms with Crippen molar-refractivity contribution in [2.24, 2.45) is 0 Å². The average molecular weight is 395 g/mol. The van der Waals surface area contributed by atoms with Crippen molar-refractivity contribution in [2.75, 3.05) is 11.9 Å². The molecule has 0 spiro atoms. The van der Waals surface area contributed by atoms with Gasteiger partial charge in [0.25, 0.3) is 0 Å². The number of para-hydroxylation sites is 1. The van der Waals surface area contributed by atoms with E-state index in [-0.39, 0.29) is 12.3 Å². The molecule has 1 rings (SSSR count). The fourth-order valence-electron chi connectivity index (χ4n) is 2.29. The number of anilines is 1. The van der Waals surface area contributed by atoms with E-state index in [2.05, 4.69) is 28.4 Å². The number of thiocarbonyl (C=S) groups is 1. The Morgan fingerprint density at radius 1 is 1.19 bits per heavy atom. The summed E-state index contributed by atoms with van der Waals surface area (Å²) in [6.07, 6.45) is 1.13. The molecule has 0 saturated carbocycles. The predicted octanol–water partition coefficient (Wildman–Crippen LogP) is 3.18. The monoisotopic (exact) mass is 394 g/mol. The van der Waals surface area contributed by atoms with E-state index in [0.29, 0.717) is 18.1 Å². The molecule has 1 aromatic rings. The van der Waals surface area contributed by atoms with Crippen LogP contribution < -0.4 is 21.5 Å². The van der Waals surface area contributed by atoms with Gasteiger partial charge in [0.1, 0.15) is 5.60 Å². The molecule has 2 amide bonds. The van der Waals surface area contributed by atoms with Gasteiger partial charge in [0.05, 0.1) is 0 Å². The molecule has 150 valence electrons. The highest BCUT2D eigenvalue weighted by Gasteiger charge is 2.15. The molecule has 4 N–H and O–H groups in total. The van der Waals surface area contributed by atoms with Gasteiger partial charge < -0.3 is 15.4 Å². The lowest BCUT2D eigenvalue weighted by Crippen LogP contribution is -2.44. The Labute approximate surface area is 166 Å². The largest absolute Gasteiger partial charge is 0.444 e. The Balaban J connectivity index is 2.29. The molecule has 0 bridgehead atoms. The van der Waals surface area contributed by atoms with Gasteiger partial charge in [-0.25, -0.2) is 4.79 Å². The van der Waals surface area contributed by atoms with Crippen LogP contribution in [0.15, 0.2) is 18.2 Å². The number of hydrogen-bond donors (Lipinski definition) is 4. The van der Waals surface area contributed by atoms with Crippen molar-refractivity contribution in [3.8, 4) is 0 Å². The summed E-state index contributed by atoms with van der Waals surface area (Å²) >= 11 is 5.23. The fourth-order valence-corrected chi connectivity index (χ4v) is 2.44. The molecular weight excluding hydrogens is 364 g/mol. The Morgan fingerprint density at radius 3 is 2.52 bits per heavy atom. The van der Waals surface area contributed by atoms with Crippen LogP contribution in [0.2, 0.25) is 0 Å². The smallest absolute Gasteiger partial charge is 0.407 e. The number of carbonyl (C=O) groups is 2. The van der Waals surface area contributed by atoms with Gasteiger partial charge in [-0.3, -0.25) is 15.6 Å². The zero-order chi connectivity index (χ0) is 20.4. The number of alkyl carbamates (subject to hydrolysis) is 1. The molecular formula is C19H30N4O3S. The predicted molar refractivity (Wildman–Crippen MR) is 112 cm³/mol. The molecule has 0 unspecified atom stereocenters. The summed E-state index contributed by atoms with van der Waals surface area (Å²) in [4.78, 5) is 23.4. The number of hydrazine groups is 1. The Kier molecular flexibility index (Phi) is 9.00. The second kappa shape index (κ2) is 10.7. The maximum atomic E-state index is 11.9. The molecule has 7 nitrogen and oxygen atoms in total. The van der Waals surface area contributed by atoms with E-state index in [0.717, 1.165) is 23.2 Å². The molecule has 27 heavy (non-hydrogen) atoms. The zero-order valence-corrected chi connectivity index (χ0v) is 17.5. The van der Waals surface area contributed by atoms with Crippen LogP contribution in [0, 0.1) is 6.92 Å². The van der Waals surface area contributed by atoms with Crippen molar-refractivity contribution in [2.45, 2.75) is 59.5 Å². The third-order valence-electron chi connectivity index (χ3n) is 3.54. The van der Waals surface area contributed by atoms with Gasteiger partial charge >= 0.3 is 6.09 Å². The molecule has 0 saturated heterocycles. The van der Waals surface area contributed by atoms with Crippen molar-refractivity contribution in [1.82, 2.24) is 16.2 Å². The molecule has 8 heteroatoms. The van der Waals surface area contributed by atoms with E-state index < -0.39 is 11.7 Å². The maximum Gasteiger partial charge on any atom is 0.407 e. The normalized spacial score (nSPS) is 10.7. The highest BCUT2D eigenvalue weighted by molar-refractivity contribution is 7.80. The molecule has 0 aliphatic rings. The highest BCUT2D eigenvalue weighted by atomic mass is 32.1. The summed E-state index contributed by atoms with van der Waals surface area (Å²) in [7, 11) is 0. The van der Waals surface area contributed by atoms with Crippen molar-refractivity contribution in [1.29, 1.82) is 0 Å². The third-order valence-corrected chi connectivity index (χ3v) is 3.75. The number of amides is 2. The molecule has 0 aromatic heterocycles. The van der Waals surface area contributed by atoms with Crippen LogP contribution in [0.25, 0.3) is 0 Å². The Hall–Kier alpha value is -2.35. The van der Waals surface area contributed by atoms with Crippen molar-refractivity contribution < 1.29 is 14.3 Å². The summed E-state index contributed by atoms with van der Waals surface area (Å²) in [5.74, 6) is -0.217. The van der Waals surface area contributed by atoms with E-state index in [4.69, 9.17) is 17.0 Å². The van der Waals surface area contributed by atoms with E-state index in [1.54, 1.807) is 20.8 Å². The first-order valence-corrected chi connectivity index (χ1v) is 9.44. The lowest BCUT2D eigenvalue weighted by atomic mass is 10.1. The maximum absolute atomic E-state index is 11.9. The molecule has 0 aliphatic heterocycles. The number of carbonyl (C=O) groups excluding carboxylic acids is 2. The molecule has 0 aliphatic carbocycles. The molecule has 0 atom stereocenters. The van der Waals surface area contributed by atoms with Crippen LogP contribution >= 0.6 is 12.2 Å². The second-order valence-electron chi connectivity index (χ2n) is 7.12.